The molecule has 0 rings (SSSR count). The molecule has 0 atom stereocenters. The largest absolute Gasteiger partial charge is 0.436 e. The molecular weight excluding hydrogens is 660 g/mol. The van der Waals surface area contributed by atoms with Crippen molar-refractivity contribution in [3.8, 4) is 0 Å². The van der Waals surface area contributed by atoms with Gasteiger partial charge in [-0.25, -0.2) is 0 Å². The Hall–Kier alpha value is 1.75. The summed E-state index contributed by atoms with van der Waals surface area (Å²) in [6.07, 6.45) is 2.39. The molecule has 0 radical (unpaired) electrons. The predicted molar refractivity (Wildman–Crippen MR) is 191 cm³/mol. The van der Waals surface area contributed by atoms with Crippen molar-refractivity contribution in [3.05, 3.63) is 0 Å². The van der Waals surface area contributed by atoms with E-state index in [0.717, 1.165) is 6.04 Å². The van der Waals surface area contributed by atoms with Crippen LogP contribution < -0.4 is 0 Å². The van der Waals surface area contributed by atoms with Crippen LogP contribution in [0.25, 0.3) is 0 Å². The lowest BCUT2D eigenvalue weighted by Crippen LogP contribution is -2.61. The highest BCUT2D eigenvalue weighted by atomic mass is 35.6. The van der Waals surface area contributed by atoms with Crippen LogP contribution in [0, 0.1) is 0 Å². The van der Waals surface area contributed by atoms with Crippen LogP contribution in [0.15, 0.2) is 0 Å². The molecular formula is C24H65ClO7Si8. The van der Waals surface area contributed by atoms with Crippen molar-refractivity contribution < 1.29 is 28.8 Å². The minimum absolute atomic E-state index is 0.284. The van der Waals surface area contributed by atoms with Gasteiger partial charge in [0.25, 0.3) is 7.63 Å². The number of unbranched alkanes of at least 4 members (excludes halogenated alkanes) is 1. The summed E-state index contributed by atoms with van der Waals surface area (Å²) in [5.74, 6) is 0. The number of hydrogen-bond acceptors (Lipinski definition) is 7. The molecule has 0 aromatic rings. The van der Waals surface area contributed by atoms with Gasteiger partial charge >= 0.3 is 51.4 Å². The summed E-state index contributed by atoms with van der Waals surface area (Å²) in [5, 5.41) is 0. The van der Waals surface area contributed by atoms with Crippen molar-refractivity contribution in [2.75, 3.05) is 0 Å². The quantitative estimate of drug-likeness (QED) is 0.0971. The van der Waals surface area contributed by atoms with E-state index in [1.165, 1.54) is 12.8 Å². The van der Waals surface area contributed by atoms with E-state index in [1.54, 1.807) is 0 Å². The van der Waals surface area contributed by atoms with E-state index in [2.05, 4.69) is 126 Å². The topological polar surface area (TPSA) is 64.6 Å². The van der Waals surface area contributed by atoms with E-state index in [-0.39, 0.29) is 11.1 Å². The molecule has 0 fully saturated rings. The average molecular weight is 726 g/mol. The van der Waals surface area contributed by atoms with Crippen LogP contribution in [0.2, 0.25) is 109 Å². The smallest absolute Gasteiger partial charge is 0.314 e. The number of halogens is 1. The van der Waals surface area contributed by atoms with Gasteiger partial charge in [-0.1, -0.05) is 47.5 Å². The van der Waals surface area contributed by atoms with Crippen molar-refractivity contribution in [3.63, 3.8) is 0 Å². The second kappa shape index (κ2) is 14.9. The van der Waals surface area contributed by atoms with Gasteiger partial charge in [-0.15, -0.1) is 11.1 Å². The van der Waals surface area contributed by atoms with Gasteiger partial charge in [-0.05, 0) is 109 Å². The molecule has 0 aromatic carbocycles. The molecule has 0 saturated carbocycles. The fourth-order valence-electron chi connectivity index (χ4n) is 5.68. The highest BCUT2D eigenvalue weighted by Crippen LogP contribution is 2.40. The molecule has 0 N–H and O–H groups in total. The Kier molecular flexibility index (Phi) is 15.5. The molecule has 0 aromatic heterocycles. The monoisotopic (exact) mass is 724 g/mol. The summed E-state index contributed by atoms with van der Waals surface area (Å²) in [5.41, 5.74) is 0.567. The van der Waals surface area contributed by atoms with Crippen molar-refractivity contribution in [1.29, 1.82) is 0 Å². The van der Waals surface area contributed by atoms with Gasteiger partial charge in [0.1, 0.15) is 0 Å². The zero-order valence-corrected chi connectivity index (χ0v) is 38.3. The minimum atomic E-state index is -2.62. The fourth-order valence-corrected chi connectivity index (χ4v) is 47.5. The first-order valence-corrected chi connectivity index (χ1v) is 38.1. The first-order valence-electron chi connectivity index (χ1n) is 15.0. The van der Waals surface area contributed by atoms with Crippen LogP contribution in [0.3, 0.4) is 0 Å². The molecule has 0 heterocycles. The maximum Gasteiger partial charge on any atom is 0.314 e. The third-order valence-electron chi connectivity index (χ3n) is 6.09. The van der Waals surface area contributed by atoms with Crippen LogP contribution in [0.1, 0.15) is 47.5 Å². The summed E-state index contributed by atoms with van der Waals surface area (Å²) in [7, 11) is -19.5. The lowest BCUT2D eigenvalue weighted by molar-refractivity contribution is 0.264. The summed E-state index contributed by atoms with van der Waals surface area (Å²) in [6, 6.07) is 1.15. The van der Waals surface area contributed by atoms with E-state index in [4.69, 9.17) is 39.9 Å². The SMILES string of the molecule is CCCC[Si](C)(C)O[Si](C)(C)O[Si](C)(C)O[Si](C)(C)O[Si](C)(C)O[Si](C)(C)O[Si](C)(C)O[Si](Cl)(C(C)C)C(C)C. The second-order valence-corrected chi connectivity index (χ2v) is 47.0. The summed E-state index contributed by atoms with van der Waals surface area (Å²) in [6.45, 7) is 40.6. The Labute approximate surface area is 262 Å². The summed E-state index contributed by atoms with van der Waals surface area (Å²) < 4.78 is 47.0. The Bertz CT molecular complexity index is 785. The van der Waals surface area contributed by atoms with Crippen LogP contribution in [0.4, 0.5) is 0 Å². The first kappa shape index (κ1) is 41.7. The fraction of sp³-hybridized carbons (Fsp3) is 1.00. The Morgan fingerprint density at radius 1 is 0.450 bits per heavy atom. The summed E-state index contributed by atoms with van der Waals surface area (Å²) >= 11 is 7.11. The third kappa shape index (κ3) is 16.2. The molecule has 40 heavy (non-hydrogen) atoms. The molecule has 0 spiro atoms. The van der Waals surface area contributed by atoms with Crippen molar-refractivity contribution in [2.24, 2.45) is 0 Å². The summed E-state index contributed by atoms with van der Waals surface area (Å²) in [4.78, 5) is 0. The highest BCUT2D eigenvalue weighted by Gasteiger charge is 2.51. The Morgan fingerprint density at radius 2 is 0.700 bits per heavy atom. The van der Waals surface area contributed by atoms with Gasteiger partial charge in [-0.2, -0.15) is 0 Å². The first-order chi connectivity index (χ1) is 17.4. The standard InChI is InChI=1S/C24H65ClO7Si8/c1-20-21-22-33(6,7)26-34(8,9)27-35(10,11)28-36(12,13)29-37(14,15)30-38(16,17)31-39(18,19)32-40(25,23(2)3)24(4)5/h23-24H,20-22H2,1-19H3. The van der Waals surface area contributed by atoms with Gasteiger partial charge in [0.15, 0.2) is 8.32 Å². The molecule has 0 aliphatic carbocycles. The zero-order chi connectivity index (χ0) is 32.2. The molecule has 0 unspecified atom stereocenters. The van der Waals surface area contributed by atoms with Crippen LogP contribution in [-0.4, -0.2) is 67.3 Å². The van der Waals surface area contributed by atoms with Gasteiger partial charge in [0.2, 0.25) is 0 Å². The normalized spacial score (nSPS) is 15.4. The average Bonchev–Trinajstić information content (AvgIpc) is 2.59. The molecule has 16 heteroatoms. The van der Waals surface area contributed by atoms with Crippen molar-refractivity contribution >= 4 is 78.4 Å². The molecule has 242 valence electrons. The Balaban J connectivity index is 5.46. The van der Waals surface area contributed by atoms with Gasteiger partial charge < -0.3 is 28.8 Å². The van der Waals surface area contributed by atoms with E-state index in [9.17, 15) is 0 Å². The maximum atomic E-state index is 7.11. The van der Waals surface area contributed by atoms with E-state index >= 15 is 0 Å². The third-order valence-corrected chi connectivity index (χ3v) is 41.2. The lowest BCUT2D eigenvalue weighted by Gasteiger charge is -2.45. The van der Waals surface area contributed by atoms with E-state index in [0.29, 0.717) is 0 Å². The van der Waals surface area contributed by atoms with Gasteiger partial charge in [0.05, 0.1) is 0 Å². The molecule has 0 aliphatic heterocycles. The number of rotatable bonds is 19. The molecule has 0 aliphatic rings. The van der Waals surface area contributed by atoms with Gasteiger partial charge in [0, 0.05) is 0 Å². The van der Waals surface area contributed by atoms with Crippen molar-refractivity contribution in [2.45, 2.75) is 156 Å². The maximum absolute atomic E-state index is 7.11. The second-order valence-electron chi connectivity index (χ2n) is 15.0. The van der Waals surface area contributed by atoms with Gasteiger partial charge in [-0.3, -0.25) is 0 Å². The molecule has 0 saturated heterocycles. The molecule has 0 bridgehead atoms. The minimum Gasteiger partial charge on any atom is -0.436 e. The van der Waals surface area contributed by atoms with E-state index < -0.39 is 67.3 Å². The predicted octanol–water partition coefficient (Wildman–Crippen LogP) is 9.82. The number of hydrogen-bond donors (Lipinski definition) is 0. The van der Waals surface area contributed by atoms with Crippen LogP contribution in [0.5, 0.6) is 0 Å². The lowest BCUT2D eigenvalue weighted by atomic mass is 10.4. The van der Waals surface area contributed by atoms with Crippen molar-refractivity contribution in [1.82, 2.24) is 0 Å². The van der Waals surface area contributed by atoms with Crippen LogP contribution >= 0.6 is 11.1 Å². The highest BCUT2D eigenvalue weighted by molar-refractivity contribution is 7.20. The molecule has 7 nitrogen and oxygen atoms in total. The van der Waals surface area contributed by atoms with E-state index in [1.807, 2.05) is 0 Å². The zero-order valence-electron chi connectivity index (χ0n) is 29.5. The Morgan fingerprint density at radius 3 is 0.950 bits per heavy atom. The molecule has 0 amide bonds. The van der Waals surface area contributed by atoms with Crippen LogP contribution in [-0.2, 0) is 28.8 Å².